The lowest BCUT2D eigenvalue weighted by Gasteiger charge is -2.31. The van der Waals surface area contributed by atoms with Gasteiger partial charge in [0.05, 0.1) is 12.6 Å². The molecule has 1 N–H and O–H groups in total. The van der Waals surface area contributed by atoms with Gasteiger partial charge in [-0.2, -0.15) is 4.39 Å². The molecule has 2 aromatic heterocycles. The van der Waals surface area contributed by atoms with Crippen LogP contribution in [0.25, 0.3) is 5.65 Å². The highest BCUT2D eigenvalue weighted by Gasteiger charge is 2.30. The molecule has 0 spiro atoms. The molecule has 0 bridgehead atoms. The van der Waals surface area contributed by atoms with Gasteiger partial charge in [0.25, 0.3) is 5.91 Å². The fourth-order valence-electron chi connectivity index (χ4n) is 3.20. The van der Waals surface area contributed by atoms with E-state index in [0.717, 1.165) is 16.7 Å². The van der Waals surface area contributed by atoms with Crippen LogP contribution in [0.4, 0.5) is 4.39 Å². The van der Waals surface area contributed by atoms with Crippen molar-refractivity contribution in [3.8, 4) is 0 Å². The fraction of sp³-hybridized carbons (Fsp3) is 0.222. The van der Waals surface area contributed by atoms with Crippen LogP contribution in [0.3, 0.4) is 0 Å². The van der Waals surface area contributed by atoms with Gasteiger partial charge in [0.2, 0.25) is 5.95 Å². The minimum Gasteiger partial charge on any atom is -0.387 e. The summed E-state index contributed by atoms with van der Waals surface area (Å²) in [7, 11) is 0. The Hall–Kier alpha value is -2.73. The van der Waals surface area contributed by atoms with E-state index >= 15 is 0 Å². The number of benzene rings is 1. The Morgan fingerprint density at radius 3 is 2.88 bits per heavy atom. The number of amides is 1. The minimum atomic E-state index is -0.777. The first-order valence-electron chi connectivity index (χ1n) is 7.74. The van der Waals surface area contributed by atoms with Gasteiger partial charge < -0.3 is 10.0 Å². The lowest BCUT2D eigenvalue weighted by Crippen LogP contribution is -2.38. The Labute approximate surface area is 138 Å². The van der Waals surface area contributed by atoms with Gasteiger partial charge in [-0.1, -0.05) is 30.3 Å². The number of pyridine rings is 1. The molecule has 0 saturated heterocycles. The van der Waals surface area contributed by atoms with Crippen molar-refractivity contribution in [2.75, 3.05) is 6.54 Å². The van der Waals surface area contributed by atoms with Crippen molar-refractivity contribution in [3.63, 3.8) is 0 Å². The number of imidazole rings is 1. The van der Waals surface area contributed by atoms with Crippen molar-refractivity contribution < 1.29 is 14.3 Å². The molecule has 4 rings (SSSR count). The summed E-state index contributed by atoms with van der Waals surface area (Å²) >= 11 is 0. The Morgan fingerprint density at radius 2 is 2.08 bits per heavy atom. The second-order valence-electron chi connectivity index (χ2n) is 6.04. The Balaban J connectivity index is 1.73. The molecule has 24 heavy (non-hydrogen) atoms. The van der Waals surface area contributed by atoms with Gasteiger partial charge in [0.1, 0.15) is 5.65 Å². The molecule has 1 amide bonds. The van der Waals surface area contributed by atoms with Crippen LogP contribution < -0.4 is 0 Å². The van der Waals surface area contributed by atoms with Crippen molar-refractivity contribution in [2.45, 2.75) is 19.6 Å². The van der Waals surface area contributed by atoms with E-state index in [1.54, 1.807) is 12.3 Å². The largest absolute Gasteiger partial charge is 0.387 e. The van der Waals surface area contributed by atoms with Crippen LogP contribution in [0, 0.1) is 12.9 Å². The zero-order valence-electron chi connectivity index (χ0n) is 13.1. The summed E-state index contributed by atoms with van der Waals surface area (Å²) in [6.45, 7) is 2.28. The number of aryl methyl sites for hydroxylation is 1. The number of carbonyl (C=O) groups excluding carboxylic acids is 1. The highest BCUT2D eigenvalue weighted by molar-refractivity contribution is 5.93. The molecule has 3 heterocycles. The number of nitrogens with zero attached hydrogens (tertiary/aromatic N) is 3. The molecule has 1 aliphatic rings. The number of rotatable bonds is 1. The molecule has 0 radical (unpaired) electrons. The number of hydrogen-bond donors (Lipinski definition) is 1. The van der Waals surface area contributed by atoms with Crippen LogP contribution in [0.2, 0.25) is 0 Å². The predicted octanol–water partition coefficient (Wildman–Crippen LogP) is 2.47. The maximum absolute atomic E-state index is 14.6. The second kappa shape index (κ2) is 5.42. The van der Waals surface area contributed by atoms with Crippen LogP contribution in [-0.4, -0.2) is 31.8 Å². The highest BCUT2D eigenvalue weighted by atomic mass is 19.1. The maximum atomic E-state index is 14.6. The number of halogens is 1. The van der Waals surface area contributed by atoms with Crippen LogP contribution in [-0.2, 0) is 6.54 Å². The van der Waals surface area contributed by atoms with Gasteiger partial charge in [-0.25, -0.2) is 4.98 Å². The lowest BCUT2D eigenvalue weighted by molar-refractivity contribution is 0.0540. The van der Waals surface area contributed by atoms with E-state index in [1.807, 2.05) is 37.3 Å². The average Bonchev–Trinajstić information content (AvgIpc) is 2.93. The zero-order chi connectivity index (χ0) is 16.8. The first kappa shape index (κ1) is 14.8. The average molecular weight is 325 g/mol. The third-order valence-corrected chi connectivity index (χ3v) is 4.45. The molecule has 1 unspecified atom stereocenters. The summed E-state index contributed by atoms with van der Waals surface area (Å²) in [5.74, 6) is -1.18. The first-order valence-corrected chi connectivity index (χ1v) is 7.74. The van der Waals surface area contributed by atoms with Crippen LogP contribution >= 0.6 is 0 Å². The summed E-state index contributed by atoms with van der Waals surface area (Å²) in [6, 6.07) is 10.9. The molecule has 5 nitrogen and oxygen atoms in total. The molecule has 1 aromatic carbocycles. The molecule has 0 fully saturated rings. The van der Waals surface area contributed by atoms with Gasteiger partial charge in [0.15, 0.2) is 5.69 Å². The molecule has 1 aliphatic heterocycles. The Morgan fingerprint density at radius 1 is 1.29 bits per heavy atom. The van der Waals surface area contributed by atoms with Crippen molar-refractivity contribution in [1.82, 2.24) is 14.3 Å². The molecule has 122 valence electrons. The number of β-amino-alcohol motifs (C(OH)–C–C–N with tert-alkyl or cyclic N) is 1. The number of aliphatic hydroxyl groups excluding tert-OH is 1. The number of hydrogen-bond acceptors (Lipinski definition) is 3. The molecular weight excluding hydrogens is 309 g/mol. The van der Waals surface area contributed by atoms with Gasteiger partial charge in [0, 0.05) is 12.7 Å². The van der Waals surface area contributed by atoms with Gasteiger partial charge in [-0.05, 0) is 29.7 Å². The quantitative estimate of drug-likeness (QED) is 0.748. The second-order valence-corrected chi connectivity index (χ2v) is 6.04. The zero-order valence-corrected chi connectivity index (χ0v) is 13.1. The molecule has 0 aliphatic carbocycles. The SMILES string of the molecule is Cc1cccn2c(F)c(C(=O)N3Cc4ccccc4C(O)C3)nc12. The third-order valence-electron chi connectivity index (χ3n) is 4.45. The molecule has 1 atom stereocenters. The summed E-state index contributed by atoms with van der Waals surface area (Å²) in [5.41, 5.74) is 2.68. The Bertz CT molecular complexity index is 951. The van der Waals surface area contributed by atoms with Crippen LogP contribution in [0.1, 0.15) is 33.3 Å². The first-order chi connectivity index (χ1) is 11.6. The smallest absolute Gasteiger partial charge is 0.277 e. The van der Waals surface area contributed by atoms with Crippen molar-refractivity contribution in [1.29, 1.82) is 0 Å². The normalized spacial score (nSPS) is 17.1. The predicted molar refractivity (Wildman–Crippen MR) is 86.0 cm³/mol. The van der Waals surface area contributed by atoms with Crippen LogP contribution in [0.5, 0.6) is 0 Å². The highest BCUT2D eigenvalue weighted by Crippen LogP contribution is 2.27. The lowest BCUT2D eigenvalue weighted by atomic mass is 9.97. The van der Waals surface area contributed by atoms with E-state index in [0.29, 0.717) is 12.2 Å². The van der Waals surface area contributed by atoms with E-state index in [2.05, 4.69) is 4.98 Å². The minimum absolute atomic E-state index is 0.127. The fourth-order valence-corrected chi connectivity index (χ4v) is 3.20. The maximum Gasteiger partial charge on any atom is 0.277 e. The molecule has 6 heteroatoms. The standard InChI is InChI=1S/C18H16FN3O2/c1-11-5-4-8-22-16(19)15(20-17(11)22)18(24)21-9-12-6-2-3-7-13(12)14(23)10-21/h2-8,14,23H,9-10H2,1H3. The van der Waals surface area contributed by atoms with Crippen molar-refractivity contribution >= 4 is 11.6 Å². The van der Waals surface area contributed by atoms with Crippen molar-refractivity contribution in [3.05, 3.63) is 70.9 Å². The number of fused-ring (bicyclic) bond motifs is 2. The Kier molecular flexibility index (Phi) is 3.35. The van der Waals surface area contributed by atoms with Crippen molar-refractivity contribution in [2.24, 2.45) is 0 Å². The van der Waals surface area contributed by atoms with E-state index in [-0.39, 0.29) is 12.2 Å². The molecule has 0 saturated carbocycles. The summed E-state index contributed by atoms with van der Waals surface area (Å²) in [5, 5.41) is 10.3. The van der Waals surface area contributed by atoms with Gasteiger partial charge in [-0.3, -0.25) is 9.20 Å². The molecular formula is C18H16FN3O2. The van der Waals surface area contributed by atoms with Crippen LogP contribution in [0.15, 0.2) is 42.6 Å². The van der Waals surface area contributed by atoms with E-state index in [9.17, 15) is 14.3 Å². The van der Waals surface area contributed by atoms with E-state index < -0.39 is 18.0 Å². The number of aromatic nitrogens is 2. The molecule has 3 aromatic rings. The third kappa shape index (κ3) is 2.18. The van der Waals surface area contributed by atoms with E-state index in [1.165, 1.54) is 9.30 Å². The number of carbonyl (C=O) groups is 1. The van der Waals surface area contributed by atoms with Gasteiger partial charge in [-0.15, -0.1) is 0 Å². The van der Waals surface area contributed by atoms with Gasteiger partial charge >= 0.3 is 0 Å². The summed E-state index contributed by atoms with van der Waals surface area (Å²) in [6.07, 6.45) is 0.766. The van der Waals surface area contributed by atoms with E-state index in [4.69, 9.17) is 0 Å². The summed E-state index contributed by atoms with van der Waals surface area (Å²) in [4.78, 5) is 18.4. The summed E-state index contributed by atoms with van der Waals surface area (Å²) < 4.78 is 15.9. The number of aliphatic hydroxyl groups is 1. The monoisotopic (exact) mass is 325 g/mol. The topological polar surface area (TPSA) is 57.8 Å².